The van der Waals surface area contributed by atoms with Gasteiger partial charge in [0.05, 0.1) is 5.41 Å². The first-order chi connectivity index (χ1) is 9.71. The molecule has 0 aromatic rings. The molecule has 1 atom stereocenters. The Hall–Kier alpha value is -0.900. The number of carbonyl (C=O) groups excluding carboxylic acids is 2. The molecule has 2 aliphatic heterocycles. The Bertz CT molecular complexity index is 380. The molecule has 3 rings (SSSR count). The molecule has 3 fully saturated rings. The fourth-order valence-electron chi connectivity index (χ4n) is 4.17. The van der Waals surface area contributed by atoms with Crippen molar-refractivity contribution in [2.24, 2.45) is 5.41 Å². The van der Waals surface area contributed by atoms with E-state index in [0.717, 1.165) is 38.6 Å². The van der Waals surface area contributed by atoms with Gasteiger partial charge < -0.3 is 5.32 Å². The van der Waals surface area contributed by atoms with Crippen LogP contribution in [-0.4, -0.2) is 35.8 Å². The van der Waals surface area contributed by atoms with Crippen LogP contribution in [0.1, 0.15) is 64.2 Å². The van der Waals surface area contributed by atoms with Gasteiger partial charge in [-0.15, -0.1) is 0 Å². The SMILES string of the molecule is O=C1CC2(CCCCCC2)C(=O)N1CCC1CCCN1. The lowest BCUT2D eigenvalue weighted by Gasteiger charge is -2.25. The van der Waals surface area contributed by atoms with Gasteiger partial charge in [-0.3, -0.25) is 14.5 Å². The topological polar surface area (TPSA) is 49.4 Å². The molecule has 2 amide bonds. The van der Waals surface area contributed by atoms with Crippen LogP contribution in [0.3, 0.4) is 0 Å². The molecule has 1 saturated carbocycles. The minimum absolute atomic E-state index is 0.0786. The highest BCUT2D eigenvalue weighted by atomic mass is 16.2. The summed E-state index contributed by atoms with van der Waals surface area (Å²) < 4.78 is 0. The second-order valence-corrected chi connectivity index (χ2v) is 6.80. The van der Waals surface area contributed by atoms with Crippen LogP contribution < -0.4 is 5.32 Å². The Morgan fingerprint density at radius 1 is 1.10 bits per heavy atom. The zero-order valence-corrected chi connectivity index (χ0v) is 12.3. The zero-order valence-electron chi connectivity index (χ0n) is 12.3. The van der Waals surface area contributed by atoms with Crippen LogP contribution in [0.25, 0.3) is 0 Å². The Balaban J connectivity index is 1.63. The van der Waals surface area contributed by atoms with Crippen molar-refractivity contribution in [2.75, 3.05) is 13.1 Å². The van der Waals surface area contributed by atoms with E-state index in [9.17, 15) is 9.59 Å². The number of amides is 2. The highest BCUT2D eigenvalue weighted by Crippen LogP contribution is 2.44. The average Bonchev–Trinajstić information content (AvgIpc) is 2.93. The second kappa shape index (κ2) is 5.84. The number of rotatable bonds is 3. The third-order valence-corrected chi connectivity index (χ3v) is 5.41. The molecular formula is C16H26N2O2. The van der Waals surface area contributed by atoms with E-state index in [1.54, 1.807) is 4.90 Å². The molecule has 3 aliphatic rings. The van der Waals surface area contributed by atoms with E-state index in [1.807, 2.05) is 0 Å². The number of imide groups is 1. The fraction of sp³-hybridized carbons (Fsp3) is 0.875. The number of hydrogen-bond acceptors (Lipinski definition) is 3. The molecular weight excluding hydrogens is 252 g/mol. The Morgan fingerprint density at radius 2 is 1.85 bits per heavy atom. The first-order valence-corrected chi connectivity index (χ1v) is 8.29. The lowest BCUT2D eigenvalue weighted by atomic mass is 9.79. The predicted octanol–water partition coefficient (Wildman–Crippen LogP) is 2.23. The maximum Gasteiger partial charge on any atom is 0.235 e. The highest BCUT2D eigenvalue weighted by molar-refractivity contribution is 6.05. The monoisotopic (exact) mass is 278 g/mol. The van der Waals surface area contributed by atoms with Gasteiger partial charge >= 0.3 is 0 Å². The molecule has 2 saturated heterocycles. The summed E-state index contributed by atoms with van der Waals surface area (Å²) >= 11 is 0. The van der Waals surface area contributed by atoms with Crippen molar-refractivity contribution >= 4 is 11.8 Å². The van der Waals surface area contributed by atoms with E-state index in [-0.39, 0.29) is 17.2 Å². The average molecular weight is 278 g/mol. The summed E-state index contributed by atoms with van der Waals surface area (Å²) in [6, 6.07) is 0.501. The molecule has 4 nitrogen and oxygen atoms in total. The number of nitrogens with zero attached hydrogens (tertiary/aromatic N) is 1. The number of carbonyl (C=O) groups is 2. The second-order valence-electron chi connectivity index (χ2n) is 6.80. The van der Waals surface area contributed by atoms with E-state index < -0.39 is 0 Å². The normalized spacial score (nSPS) is 30.2. The maximum atomic E-state index is 12.7. The molecule has 112 valence electrons. The standard InChI is InChI=1S/C16H26N2O2/c19-14-12-16(8-3-1-2-4-9-16)15(20)18(14)11-7-13-6-5-10-17-13/h13,17H,1-12H2. The van der Waals surface area contributed by atoms with Crippen LogP contribution in [0.15, 0.2) is 0 Å². The van der Waals surface area contributed by atoms with Crippen molar-refractivity contribution in [3.05, 3.63) is 0 Å². The summed E-state index contributed by atoms with van der Waals surface area (Å²) in [5, 5.41) is 3.44. The van der Waals surface area contributed by atoms with Gasteiger partial charge in [-0.25, -0.2) is 0 Å². The quantitative estimate of drug-likeness (QED) is 0.805. The largest absolute Gasteiger partial charge is 0.314 e. The Morgan fingerprint density at radius 3 is 2.50 bits per heavy atom. The van der Waals surface area contributed by atoms with Crippen molar-refractivity contribution in [3.63, 3.8) is 0 Å². The first-order valence-electron chi connectivity index (χ1n) is 8.29. The third kappa shape index (κ3) is 2.62. The summed E-state index contributed by atoms with van der Waals surface area (Å²) in [4.78, 5) is 26.6. The van der Waals surface area contributed by atoms with Gasteiger partial charge in [0.1, 0.15) is 0 Å². The van der Waals surface area contributed by atoms with E-state index in [4.69, 9.17) is 0 Å². The van der Waals surface area contributed by atoms with Gasteiger partial charge in [0, 0.05) is 19.0 Å². The predicted molar refractivity (Wildman–Crippen MR) is 77.1 cm³/mol. The Labute approximate surface area is 121 Å². The third-order valence-electron chi connectivity index (χ3n) is 5.41. The van der Waals surface area contributed by atoms with Gasteiger partial charge in [-0.1, -0.05) is 25.7 Å². The molecule has 1 N–H and O–H groups in total. The van der Waals surface area contributed by atoms with Gasteiger partial charge in [-0.2, -0.15) is 0 Å². The fourth-order valence-corrected chi connectivity index (χ4v) is 4.17. The van der Waals surface area contributed by atoms with Crippen LogP contribution in [0.4, 0.5) is 0 Å². The first kappa shape index (κ1) is 14.1. The summed E-state index contributed by atoms with van der Waals surface area (Å²) in [6.07, 6.45) is 10.3. The van der Waals surface area contributed by atoms with Gasteiger partial charge in [-0.05, 0) is 38.6 Å². The van der Waals surface area contributed by atoms with Crippen molar-refractivity contribution < 1.29 is 9.59 Å². The lowest BCUT2D eigenvalue weighted by molar-refractivity contribution is -0.141. The molecule has 1 spiro atoms. The number of nitrogens with one attached hydrogen (secondary N) is 1. The minimum atomic E-state index is -0.323. The number of likely N-dealkylation sites (tertiary alicyclic amines) is 1. The summed E-state index contributed by atoms with van der Waals surface area (Å²) in [5.74, 6) is 0.220. The smallest absolute Gasteiger partial charge is 0.235 e. The van der Waals surface area contributed by atoms with Gasteiger partial charge in [0.15, 0.2) is 0 Å². The van der Waals surface area contributed by atoms with Crippen molar-refractivity contribution in [3.8, 4) is 0 Å². The van der Waals surface area contributed by atoms with Crippen LogP contribution in [0.2, 0.25) is 0 Å². The molecule has 0 radical (unpaired) electrons. The van der Waals surface area contributed by atoms with Crippen LogP contribution in [0, 0.1) is 5.41 Å². The Kier molecular flexibility index (Phi) is 4.11. The maximum absolute atomic E-state index is 12.7. The van der Waals surface area contributed by atoms with Crippen LogP contribution in [0.5, 0.6) is 0 Å². The molecule has 4 heteroatoms. The highest BCUT2D eigenvalue weighted by Gasteiger charge is 2.50. The molecule has 1 aliphatic carbocycles. The van der Waals surface area contributed by atoms with Gasteiger partial charge in [0.25, 0.3) is 0 Å². The lowest BCUT2D eigenvalue weighted by Crippen LogP contribution is -2.38. The zero-order chi connectivity index (χ0) is 14.0. The van der Waals surface area contributed by atoms with Crippen molar-refractivity contribution in [1.29, 1.82) is 0 Å². The summed E-state index contributed by atoms with van der Waals surface area (Å²) in [6.45, 7) is 1.70. The van der Waals surface area contributed by atoms with Crippen molar-refractivity contribution in [1.82, 2.24) is 10.2 Å². The van der Waals surface area contributed by atoms with E-state index in [2.05, 4.69) is 5.32 Å². The van der Waals surface area contributed by atoms with E-state index >= 15 is 0 Å². The molecule has 20 heavy (non-hydrogen) atoms. The molecule has 0 bridgehead atoms. The van der Waals surface area contributed by atoms with E-state index in [1.165, 1.54) is 25.7 Å². The van der Waals surface area contributed by atoms with Gasteiger partial charge in [0.2, 0.25) is 11.8 Å². The molecule has 0 aromatic heterocycles. The molecule has 0 aromatic carbocycles. The molecule has 1 unspecified atom stereocenters. The molecule has 2 heterocycles. The minimum Gasteiger partial charge on any atom is -0.314 e. The van der Waals surface area contributed by atoms with Crippen LogP contribution >= 0.6 is 0 Å². The van der Waals surface area contributed by atoms with E-state index in [0.29, 0.717) is 19.0 Å². The summed E-state index contributed by atoms with van der Waals surface area (Å²) in [5.41, 5.74) is -0.323. The summed E-state index contributed by atoms with van der Waals surface area (Å²) in [7, 11) is 0. The number of hydrogen-bond donors (Lipinski definition) is 1. The van der Waals surface area contributed by atoms with Crippen LogP contribution in [-0.2, 0) is 9.59 Å². The van der Waals surface area contributed by atoms with Crippen molar-refractivity contribution in [2.45, 2.75) is 70.3 Å².